The quantitative estimate of drug-likeness (QED) is 0.0181. The zero-order valence-electron chi connectivity index (χ0n) is 46.3. The number of carboxylic acid groups (broad SMARTS) is 3. The van der Waals surface area contributed by atoms with Gasteiger partial charge in [-0.25, -0.2) is 4.79 Å². The summed E-state index contributed by atoms with van der Waals surface area (Å²) in [5, 5.41) is 71.5. The van der Waals surface area contributed by atoms with Crippen LogP contribution in [0.15, 0.2) is 53.5 Å². The molecule has 3 rings (SSSR count). The van der Waals surface area contributed by atoms with Gasteiger partial charge in [0, 0.05) is 38.6 Å². The number of hydrogen-bond donors (Lipinski definition) is 17. The molecule has 0 aromatic heterocycles. The number of aliphatic carboxylic acids is 3. The topological polar surface area (TPSA) is 505 Å². The Morgan fingerprint density at radius 1 is 0.530 bits per heavy atom. The Morgan fingerprint density at radius 3 is 1.34 bits per heavy atom. The fourth-order valence-electron chi connectivity index (χ4n) is 8.47. The molecule has 83 heavy (non-hydrogen) atoms. The van der Waals surface area contributed by atoms with E-state index in [-0.39, 0.29) is 62.0 Å². The lowest BCUT2D eigenvalue weighted by Gasteiger charge is -2.28. The van der Waals surface area contributed by atoms with Gasteiger partial charge in [0.2, 0.25) is 53.2 Å². The lowest BCUT2D eigenvalue weighted by molar-refractivity contribution is -0.143. The lowest BCUT2D eigenvalue weighted by Crippen LogP contribution is -2.60. The monoisotopic (exact) mass is 1170 g/mol. The molecule has 0 aliphatic carbocycles. The van der Waals surface area contributed by atoms with Gasteiger partial charge in [0.25, 0.3) is 0 Å². The van der Waals surface area contributed by atoms with E-state index in [1.807, 2.05) is 0 Å². The van der Waals surface area contributed by atoms with Gasteiger partial charge in [0.05, 0.1) is 6.04 Å². The molecule has 9 amide bonds. The number of carboxylic acids is 3. The molecule has 30 heteroatoms. The number of phenolic OH excluding ortho intramolecular Hbond substituents is 2. The maximum Gasteiger partial charge on any atom is 0.326 e. The van der Waals surface area contributed by atoms with Crippen molar-refractivity contribution in [1.29, 1.82) is 0 Å². The van der Waals surface area contributed by atoms with Crippen LogP contribution in [-0.4, -0.2) is 170 Å². The number of rotatable bonds is 36. The SMILES string of the molecule is CC(C)C[C@H](NC(=O)[C@H](CCCN=C(N)N)NC(=O)[C@H](C)NC(=O)[C@H](CCC(N)=O)NC(=O)[C@H](CCC(=O)O)NC(=O)[C@H](CCC(=O)O)NC(=O)[C@H](Cc1ccc(O)cc1)NC(=O)[C@H](Cc1ccc(O)cc1)NC(=O)[C@@H]1CCCN1)C(=O)O. The van der Waals surface area contributed by atoms with Crippen molar-refractivity contribution in [3.63, 3.8) is 0 Å². The minimum atomic E-state index is -1.86. The van der Waals surface area contributed by atoms with Crippen LogP contribution in [-0.2, 0) is 70.4 Å². The summed E-state index contributed by atoms with van der Waals surface area (Å²) in [4.78, 5) is 163. The summed E-state index contributed by atoms with van der Waals surface area (Å²) in [6.07, 6.45) is -3.14. The van der Waals surface area contributed by atoms with Gasteiger partial charge in [0.1, 0.15) is 59.8 Å². The summed E-state index contributed by atoms with van der Waals surface area (Å²) < 4.78 is 0. The highest BCUT2D eigenvalue weighted by molar-refractivity contribution is 5.98. The highest BCUT2D eigenvalue weighted by Crippen LogP contribution is 2.16. The van der Waals surface area contributed by atoms with Crippen LogP contribution in [0, 0.1) is 5.92 Å². The van der Waals surface area contributed by atoms with Crippen molar-refractivity contribution < 1.29 is 83.1 Å². The van der Waals surface area contributed by atoms with E-state index < -0.39 is 164 Å². The summed E-state index contributed by atoms with van der Waals surface area (Å²) in [5.41, 5.74) is 17.0. The lowest BCUT2D eigenvalue weighted by atomic mass is 10.0. The van der Waals surface area contributed by atoms with Gasteiger partial charge < -0.3 is 90.6 Å². The van der Waals surface area contributed by atoms with E-state index >= 15 is 0 Å². The van der Waals surface area contributed by atoms with Gasteiger partial charge in [-0.15, -0.1) is 0 Å². The molecular formula is C53H77N13O17. The molecule has 1 heterocycles. The molecule has 0 saturated carbocycles. The van der Waals surface area contributed by atoms with Crippen molar-refractivity contribution in [2.75, 3.05) is 13.1 Å². The number of aromatic hydroxyl groups is 2. The smallest absolute Gasteiger partial charge is 0.326 e. The highest BCUT2D eigenvalue weighted by atomic mass is 16.4. The molecule has 9 atom stereocenters. The second-order valence-electron chi connectivity index (χ2n) is 20.3. The van der Waals surface area contributed by atoms with E-state index in [2.05, 4.69) is 52.8 Å². The van der Waals surface area contributed by atoms with E-state index in [1.165, 1.54) is 55.5 Å². The Bertz CT molecular complexity index is 2630. The Morgan fingerprint density at radius 2 is 0.928 bits per heavy atom. The average molecular weight is 1170 g/mol. The van der Waals surface area contributed by atoms with E-state index in [4.69, 9.17) is 17.2 Å². The fraction of sp³-hybridized carbons (Fsp3) is 0.528. The fourth-order valence-corrected chi connectivity index (χ4v) is 8.47. The summed E-state index contributed by atoms with van der Waals surface area (Å²) in [7, 11) is 0. The Hall–Kier alpha value is -9.09. The maximum absolute atomic E-state index is 14.4. The molecule has 1 saturated heterocycles. The van der Waals surface area contributed by atoms with Crippen molar-refractivity contribution in [2.24, 2.45) is 28.1 Å². The van der Waals surface area contributed by atoms with E-state index in [0.29, 0.717) is 30.5 Å². The first kappa shape index (κ1) is 68.2. The molecule has 0 radical (unpaired) electrons. The van der Waals surface area contributed by atoms with E-state index in [1.54, 1.807) is 13.8 Å². The molecule has 0 bridgehead atoms. The second kappa shape index (κ2) is 34.3. The molecule has 1 fully saturated rings. The standard InChI is InChI=1S/C53H77N13O17/c1-27(2)24-40(52(82)83)66-47(77)34(7-5-23-58-53(55)56)60-44(74)28(3)59-46(76)35(16-19-41(54)69)61-48(78)36(17-20-42(70)71)62-49(79)37(18-21-43(72)73)63-50(80)38(25-29-8-12-31(67)13-9-29)65-51(81)39(26-30-10-14-32(68)15-11-30)64-45(75)33-6-4-22-57-33/h8-15,27-28,33-40,57,67-68H,4-7,16-26H2,1-3H3,(H2,54,69)(H,59,76)(H,60,74)(H,61,78)(H,62,79)(H,63,80)(H,64,75)(H,65,81)(H,66,77)(H,70,71)(H,72,73)(H,82,83)(H4,55,56,58)/t28-,33-,34-,35-,36-,37-,38-,39-,40-/m0/s1. The molecule has 0 unspecified atom stereocenters. The molecule has 30 nitrogen and oxygen atoms in total. The highest BCUT2D eigenvalue weighted by Gasteiger charge is 2.36. The largest absolute Gasteiger partial charge is 0.508 e. The van der Waals surface area contributed by atoms with Gasteiger partial charge in [-0.1, -0.05) is 38.1 Å². The number of amides is 9. The molecular weight excluding hydrogens is 1090 g/mol. The summed E-state index contributed by atoms with van der Waals surface area (Å²) in [6, 6.07) is -1.93. The molecule has 2 aromatic rings. The molecule has 20 N–H and O–H groups in total. The van der Waals surface area contributed by atoms with Crippen molar-refractivity contribution in [3.8, 4) is 11.5 Å². The minimum Gasteiger partial charge on any atom is -0.508 e. The number of carbonyl (C=O) groups is 12. The summed E-state index contributed by atoms with van der Waals surface area (Å²) in [5.74, 6) is -13.7. The zero-order chi connectivity index (χ0) is 61.9. The second-order valence-corrected chi connectivity index (χ2v) is 20.3. The molecule has 1 aliphatic rings. The average Bonchev–Trinajstić information content (AvgIpc) is 3.97. The maximum atomic E-state index is 14.4. The first-order chi connectivity index (χ1) is 39.1. The van der Waals surface area contributed by atoms with Gasteiger partial charge >= 0.3 is 17.9 Å². The molecule has 456 valence electrons. The van der Waals surface area contributed by atoms with Crippen molar-refractivity contribution in [1.82, 2.24) is 47.9 Å². The minimum absolute atomic E-state index is 0.0181. The van der Waals surface area contributed by atoms with E-state index in [0.717, 1.165) is 0 Å². The third-order valence-corrected chi connectivity index (χ3v) is 12.9. The van der Waals surface area contributed by atoms with Gasteiger partial charge in [-0.3, -0.25) is 57.7 Å². The first-order valence-electron chi connectivity index (χ1n) is 26.8. The zero-order valence-corrected chi connectivity index (χ0v) is 46.3. The summed E-state index contributed by atoms with van der Waals surface area (Å²) >= 11 is 0. The van der Waals surface area contributed by atoms with Crippen molar-refractivity contribution in [3.05, 3.63) is 59.7 Å². The van der Waals surface area contributed by atoms with Crippen LogP contribution >= 0.6 is 0 Å². The molecule has 0 spiro atoms. The van der Waals surface area contributed by atoms with Gasteiger partial charge in [-0.05, 0) is 106 Å². The Labute approximate surface area is 477 Å². The third kappa shape index (κ3) is 25.5. The van der Waals surface area contributed by atoms with Crippen LogP contribution in [0.2, 0.25) is 0 Å². The molecule has 1 aliphatic heterocycles. The number of nitrogens with two attached hydrogens (primary N) is 3. The van der Waals surface area contributed by atoms with Gasteiger partial charge in [-0.2, -0.15) is 0 Å². The molecule has 2 aromatic carbocycles. The number of phenols is 2. The number of benzene rings is 2. The van der Waals surface area contributed by atoms with Crippen molar-refractivity contribution >= 4 is 77.0 Å². The number of guanidine groups is 1. The predicted molar refractivity (Wildman–Crippen MR) is 295 cm³/mol. The summed E-state index contributed by atoms with van der Waals surface area (Å²) in [6.45, 7) is 5.23. The first-order valence-corrected chi connectivity index (χ1v) is 26.8. The number of hydrogen-bond acceptors (Lipinski definition) is 16. The third-order valence-electron chi connectivity index (χ3n) is 12.9. The Kier molecular flexibility index (Phi) is 28.1. The van der Waals surface area contributed by atoms with E-state index in [9.17, 15) is 83.1 Å². The number of primary amides is 1. The van der Waals surface area contributed by atoms with Crippen LogP contribution in [0.5, 0.6) is 11.5 Å². The number of carbonyl (C=O) groups excluding carboxylic acids is 9. The number of nitrogens with one attached hydrogen (secondary N) is 9. The van der Waals surface area contributed by atoms with Crippen LogP contribution in [0.1, 0.15) is 103 Å². The van der Waals surface area contributed by atoms with Crippen LogP contribution < -0.4 is 65.1 Å². The van der Waals surface area contributed by atoms with Crippen molar-refractivity contribution in [2.45, 2.75) is 159 Å². The Balaban J connectivity index is 1.92. The number of nitrogens with zero attached hydrogens (tertiary/aromatic N) is 1. The van der Waals surface area contributed by atoms with Gasteiger partial charge in [0.15, 0.2) is 5.96 Å². The van der Waals surface area contributed by atoms with Crippen LogP contribution in [0.4, 0.5) is 0 Å². The van der Waals surface area contributed by atoms with Crippen LogP contribution in [0.25, 0.3) is 0 Å². The predicted octanol–water partition coefficient (Wildman–Crippen LogP) is -3.29. The number of aliphatic imine (C=N–C) groups is 1. The van der Waals surface area contributed by atoms with Crippen LogP contribution in [0.3, 0.4) is 0 Å². The normalized spacial score (nSPS) is 15.6.